The molecule has 1 atom stereocenters. The topological polar surface area (TPSA) is 50.4 Å². The maximum absolute atomic E-state index is 13.5. The minimum atomic E-state index is -1.50. The van der Waals surface area contributed by atoms with Gasteiger partial charge in [0.25, 0.3) is 0 Å². The molecule has 0 saturated carbocycles. The monoisotopic (exact) mass is 379 g/mol. The van der Waals surface area contributed by atoms with Crippen molar-refractivity contribution < 1.29 is 18.3 Å². The van der Waals surface area contributed by atoms with Crippen LogP contribution in [0.2, 0.25) is 0 Å². The molecule has 3 rings (SSSR count). The molecule has 0 saturated heterocycles. The highest BCUT2D eigenvalue weighted by atomic mass is 32.1. The molecule has 26 heavy (non-hydrogen) atoms. The molecule has 0 fully saturated rings. The fourth-order valence-corrected chi connectivity index (χ4v) is 3.53. The summed E-state index contributed by atoms with van der Waals surface area (Å²) in [6, 6.07) is 6.78. The molecule has 8 heteroatoms. The summed E-state index contributed by atoms with van der Waals surface area (Å²) in [7, 11) is 0. The van der Waals surface area contributed by atoms with Crippen molar-refractivity contribution in [1.82, 2.24) is 9.55 Å². The molecule has 0 aliphatic carbocycles. The van der Waals surface area contributed by atoms with Gasteiger partial charge in [-0.2, -0.15) is 0 Å². The van der Waals surface area contributed by atoms with Crippen LogP contribution >= 0.6 is 11.3 Å². The van der Waals surface area contributed by atoms with Crippen molar-refractivity contribution in [2.24, 2.45) is 4.99 Å². The smallest absolute Gasteiger partial charge is 0.194 e. The number of halogens is 3. The molecule has 1 unspecified atom stereocenters. The van der Waals surface area contributed by atoms with Crippen LogP contribution in [0.15, 0.2) is 46.9 Å². The number of nitrogens with zero attached hydrogens (tertiary/aromatic N) is 3. The third kappa shape index (κ3) is 3.71. The zero-order valence-corrected chi connectivity index (χ0v) is 14.7. The van der Waals surface area contributed by atoms with Crippen molar-refractivity contribution in [2.75, 3.05) is 6.61 Å². The van der Waals surface area contributed by atoms with Crippen molar-refractivity contribution in [3.05, 3.63) is 69.7 Å². The lowest BCUT2D eigenvalue weighted by atomic mass is 10.1. The summed E-state index contributed by atoms with van der Waals surface area (Å²) in [5.74, 6) is -3.99. The predicted molar refractivity (Wildman–Crippen MR) is 92.9 cm³/mol. The standard InChI is InChI=1S/C18H16F3N3OS/c1-11(12-8-13(19)17(21)14(20)9-12)23-18-24(6-7-25)16(10-26-18)15-4-2-3-5-22-15/h2-5,8-11,25H,6-7H2,1H3. The average molecular weight is 379 g/mol. The Labute approximate surface area is 151 Å². The summed E-state index contributed by atoms with van der Waals surface area (Å²) in [5.41, 5.74) is 1.74. The molecule has 3 aromatic rings. The summed E-state index contributed by atoms with van der Waals surface area (Å²) in [6.07, 6.45) is 1.67. The first-order chi connectivity index (χ1) is 12.5. The van der Waals surface area contributed by atoms with E-state index in [1.165, 1.54) is 11.3 Å². The molecule has 0 spiro atoms. The number of thiazole rings is 1. The summed E-state index contributed by atoms with van der Waals surface area (Å²) >= 11 is 1.33. The zero-order valence-electron chi connectivity index (χ0n) is 13.9. The Morgan fingerprint density at radius 3 is 2.58 bits per heavy atom. The minimum Gasteiger partial charge on any atom is -0.395 e. The van der Waals surface area contributed by atoms with Gasteiger partial charge in [-0.15, -0.1) is 11.3 Å². The van der Waals surface area contributed by atoms with E-state index in [0.29, 0.717) is 11.3 Å². The number of pyridine rings is 1. The molecule has 1 aromatic carbocycles. The number of aliphatic hydroxyl groups is 1. The summed E-state index contributed by atoms with van der Waals surface area (Å²) < 4.78 is 41.9. The maximum Gasteiger partial charge on any atom is 0.194 e. The van der Waals surface area contributed by atoms with Gasteiger partial charge < -0.3 is 9.67 Å². The SMILES string of the molecule is CC(N=c1scc(-c2ccccn2)n1CCO)c1cc(F)c(F)c(F)c1. The Balaban J connectivity index is 2.04. The van der Waals surface area contributed by atoms with Crippen molar-refractivity contribution in [3.63, 3.8) is 0 Å². The normalized spacial score (nSPS) is 13.2. The zero-order chi connectivity index (χ0) is 18.7. The first kappa shape index (κ1) is 18.3. The van der Waals surface area contributed by atoms with Crippen LogP contribution < -0.4 is 4.80 Å². The van der Waals surface area contributed by atoms with Crippen molar-refractivity contribution in [3.8, 4) is 11.4 Å². The van der Waals surface area contributed by atoms with Gasteiger partial charge in [0, 0.05) is 18.1 Å². The fourth-order valence-electron chi connectivity index (χ4n) is 2.52. The number of hydrogen-bond donors (Lipinski definition) is 1. The molecular weight excluding hydrogens is 363 g/mol. The molecule has 0 amide bonds. The van der Waals surface area contributed by atoms with E-state index in [4.69, 9.17) is 0 Å². The van der Waals surface area contributed by atoms with Gasteiger partial charge in [0.2, 0.25) is 0 Å². The van der Waals surface area contributed by atoms with Crippen LogP contribution in [0.4, 0.5) is 13.2 Å². The first-order valence-corrected chi connectivity index (χ1v) is 8.78. The summed E-state index contributed by atoms with van der Waals surface area (Å²) in [4.78, 5) is 9.36. The van der Waals surface area contributed by atoms with Gasteiger partial charge in [-0.05, 0) is 36.8 Å². The van der Waals surface area contributed by atoms with E-state index in [0.717, 1.165) is 23.5 Å². The van der Waals surface area contributed by atoms with Gasteiger partial charge in [-0.1, -0.05) is 6.07 Å². The van der Waals surface area contributed by atoms with Crippen molar-refractivity contribution in [1.29, 1.82) is 0 Å². The van der Waals surface area contributed by atoms with Crippen LogP contribution in [0.25, 0.3) is 11.4 Å². The Kier molecular flexibility index (Phi) is 5.53. The van der Waals surface area contributed by atoms with E-state index in [2.05, 4.69) is 9.98 Å². The Morgan fingerprint density at radius 1 is 1.23 bits per heavy atom. The molecule has 2 aromatic heterocycles. The molecule has 0 bridgehead atoms. The Morgan fingerprint density at radius 2 is 1.96 bits per heavy atom. The molecule has 0 aliphatic rings. The average Bonchev–Trinajstić information content (AvgIpc) is 3.02. The Hall–Kier alpha value is -2.45. The van der Waals surface area contributed by atoms with Crippen LogP contribution in [0.1, 0.15) is 18.5 Å². The highest BCUT2D eigenvalue weighted by molar-refractivity contribution is 7.07. The van der Waals surface area contributed by atoms with Crippen LogP contribution in [0, 0.1) is 17.5 Å². The van der Waals surface area contributed by atoms with Crippen LogP contribution in [-0.2, 0) is 6.54 Å². The number of rotatable bonds is 5. The van der Waals surface area contributed by atoms with Gasteiger partial charge in [-0.3, -0.25) is 9.98 Å². The van der Waals surface area contributed by atoms with E-state index in [1.807, 2.05) is 17.5 Å². The second-order valence-corrected chi connectivity index (χ2v) is 6.43. The quantitative estimate of drug-likeness (QED) is 0.688. The molecule has 136 valence electrons. The van der Waals surface area contributed by atoms with Crippen molar-refractivity contribution in [2.45, 2.75) is 19.5 Å². The number of benzene rings is 1. The van der Waals surface area contributed by atoms with E-state index in [1.54, 1.807) is 23.8 Å². The Bertz CT molecular complexity index is 946. The molecule has 0 aliphatic heterocycles. The lowest BCUT2D eigenvalue weighted by Gasteiger charge is -2.10. The number of hydrogen-bond acceptors (Lipinski definition) is 4. The molecule has 0 radical (unpaired) electrons. The van der Waals surface area contributed by atoms with E-state index in [9.17, 15) is 18.3 Å². The van der Waals surface area contributed by atoms with Crippen LogP contribution in [0.3, 0.4) is 0 Å². The van der Waals surface area contributed by atoms with E-state index < -0.39 is 23.5 Å². The maximum atomic E-state index is 13.5. The van der Waals surface area contributed by atoms with E-state index >= 15 is 0 Å². The van der Waals surface area contributed by atoms with E-state index in [-0.39, 0.29) is 12.2 Å². The highest BCUT2D eigenvalue weighted by Gasteiger charge is 2.15. The van der Waals surface area contributed by atoms with Crippen LogP contribution in [-0.4, -0.2) is 21.3 Å². The first-order valence-electron chi connectivity index (χ1n) is 7.90. The lowest BCUT2D eigenvalue weighted by Crippen LogP contribution is -2.19. The highest BCUT2D eigenvalue weighted by Crippen LogP contribution is 2.22. The van der Waals surface area contributed by atoms with Crippen LogP contribution in [0.5, 0.6) is 0 Å². The fraction of sp³-hybridized carbons (Fsp3) is 0.222. The second-order valence-electron chi connectivity index (χ2n) is 5.60. The second kappa shape index (κ2) is 7.84. The molecule has 2 heterocycles. The number of aliphatic hydroxyl groups excluding tert-OH is 1. The van der Waals surface area contributed by atoms with Gasteiger partial charge >= 0.3 is 0 Å². The summed E-state index contributed by atoms with van der Waals surface area (Å²) in [5, 5.41) is 11.2. The third-order valence-electron chi connectivity index (χ3n) is 3.84. The molecule has 4 nitrogen and oxygen atoms in total. The third-order valence-corrected chi connectivity index (χ3v) is 4.72. The van der Waals surface area contributed by atoms with Crippen molar-refractivity contribution >= 4 is 11.3 Å². The molecule has 1 N–H and O–H groups in total. The lowest BCUT2D eigenvalue weighted by molar-refractivity contribution is 0.275. The van der Waals surface area contributed by atoms with Gasteiger partial charge in [-0.25, -0.2) is 13.2 Å². The predicted octanol–water partition coefficient (Wildman–Crippen LogP) is 3.68. The van der Waals surface area contributed by atoms with Gasteiger partial charge in [0.05, 0.1) is 24.0 Å². The summed E-state index contributed by atoms with van der Waals surface area (Å²) in [6.45, 7) is 1.86. The largest absolute Gasteiger partial charge is 0.395 e. The van der Waals surface area contributed by atoms with Gasteiger partial charge in [0.1, 0.15) is 0 Å². The van der Waals surface area contributed by atoms with Gasteiger partial charge in [0.15, 0.2) is 22.3 Å². The minimum absolute atomic E-state index is 0.0993. The molecular formula is C18H16F3N3OS. The number of aromatic nitrogens is 2.